The molecule has 244 valence electrons. The maximum atomic E-state index is 11.9. The normalized spacial score (nSPS) is 13.6. The summed E-state index contributed by atoms with van der Waals surface area (Å²) in [5.74, 6) is -0.289. The van der Waals surface area contributed by atoms with Gasteiger partial charge in [-0.2, -0.15) is 0 Å². The first-order chi connectivity index (χ1) is 21.7. The average Bonchev–Trinajstić information content (AvgIpc) is 3.03. The lowest BCUT2D eigenvalue weighted by molar-refractivity contribution is -0.147. The molecule has 0 saturated heterocycles. The molecular formula is C40H56O4Si. The summed E-state index contributed by atoms with van der Waals surface area (Å²) in [4.78, 5) is 11.9. The number of aliphatic hydroxyl groups is 1. The summed E-state index contributed by atoms with van der Waals surface area (Å²) in [6.45, 7) is 10.9. The summed E-state index contributed by atoms with van der Waals surface area (Å²) >= 11 is 0. The number of hydrogen-bond acceptors (Lipinski definition) is 4. The monoisotopic (exact) mass is 628 g/mol. The predicted octanol–water partition coefficient (Wildman–Crippen LogP) is 9.16. The van der Waals surface area contributed by atoms with Gasteiger partial charge in [0.15, 0.2) is 0 Å². The molecule has 3 rings (SSSR count). The van der Waals surface area contributed by atoms with Crippen molar-refractivity contribution in [3.05, 3.63) is 102 Å². The first kappa shape index (κ1) is 36.5. The molecule has 45 heavy (non-hydrogen) atoms. The van der Waals surface area contributed by atoms with Gasteiger partial charge in [0.05, 0.1) is 6.10 Å². The lowest BCUT2D eigenvalue weighted by Gasteiger charge is -2.45. The topological polar surface area (TPSA) is 55.8 Å². The van der Waals surface area contributed by atoms with Crippen LogP contribution in [0.15, 0.2) is 91.0 Å². The second-order valence-corrected chi connectivity index (χ2v) is 17.5. The molecule has 0 amide bonds. The van der Waals surface area contributed by atoms with E-state index in [9.17, 15) is 9.90 Å². The number of benzene rings is 3. The highest BCUT2D eigenvalue weighted by Crippen LogP contribution is 2.38. The van der Waals surface area contributed by atoms with Crippen molar-refractivity contribution in [3.63, 3.8) is 0 Å². The van der Waals surface area contributed by atoms with Gasteiger partial charge in [-0.1, -0.05) is 157 Å². The molecule has 3 aromatic carbocycles. The zero-order valence-electron chi connectivity index (χ0n) is 28.3. The number of hydrogen-bond donors (Lipinski definition) is 1. The van der Waals surface area contributed by atoms with Crippen LogP contribution in [-0.2, 0) is 14.0 Å². The highest BCUT2D eigenvalue weighted by molar-refractivity contribution is 6.99. The molecule has 0 aliphatic carbocycles. The molecule has 2 unspecified atom stereocenters. The van der Waals surface area contributed by atoms with E-state index in [0.717, 1.165) is 30.4 Å². The smallest absolute Gasteiger partial charge is 0.303 e. The Morgan fingerprint density at radius 3 is 1.98 bits per heavy atom. The maximum absolute atomic E-state index is 11.9. The van der Waals surface area contributed by atoms with Crippen molar-refractivity contribution in [3.8, 4) is 0 Å². The van der Waals surface area contributed by atoms with E-state index in [0.29, 0.717) is 12.8 Å². The molecule has 0 fully saturated rings. The number of unbranched alkanes of at least 4 members (excludes halogenated alkanes) is 6. The van der Waals surface area contributed by atoms with Gasteiger partial charge in [0.1, 0.15) is 6.10 Å². The lowest BCUT2D eigenvalue weighted by Crippen LogP contribution is -2.67. The van der Waals surface area contributed by atoms with Crippen LogP contribution in [0.4, 0.5) is 0 Å². The van der Waals surface area contributed by atoms with Gasteiger partial charge in [-0.05, 0) is 58.3 Å². The Morgan fingerprint density at radius 2 is 1.40 bits per heavy atom. The van der Waals surface area contributed by atoms with Crippen LogP contribution in [0.3, 0.4) is 0 Å². The minimum absolute atomic E-state index is 0.0556. The van der Waals surface area contributed by atoms with E-state index in [2.05, 4.69) is 113 Å². The molecule has 0 aromatic heterocycles. The van der Waals surface area contributed by atoms with Crippen LogP contribution in [0.2, 0.25) is 5.04 Å². The molecule has 4 nitrogen and oxygen atoms in total. The van der Waals surface area contributed by atoms with Crippen molar-refractivity contribution >= 4 is 30.7 Å². The van der Waals surface area contributed by atoms with Gasteiger partial charge in [-0.3, -0.25) is 4.79 Å². The van der Waals surface area contributed by atoms with Crippen molar-refractivity contribution < 1.29 is 19.1 Å². The highest BCUT2D eigenvalue weighted by Gasteiger charge is 2.51. The molecule has 0 heterocycles. The maximum Gasteiger partial charge on any atom is 0.303 e. The number of esters is 1. The number of carbonyl (C=O) groups is 1. The third-order valence-corrected chi connectivity index (χ3v) is 13.6. The van der Waals surface area contributed by atoms with E-state index in [4.69, 9.17) is 9.16 Å². The summed E-state index contributed by atoms with van der Waals surface area (Å²) in [5, 5.41) is 11.7. The molecule has 1 N–H and O–H groups in total. The summed E-state index contributed by atoms with van der Waals surface area (Å²) < 4.78 is 13.3. The minimum atomic E-state index is -2.73. The Bertz CT molecular complexity index is 1240. The number of ether oxygens (including phenoxy) is 1. The predicted molar refractivity (Wildman–Crippen MR) is 191 cm³/mol. The second kappa shape index (κ2) is 18.9. The van der Waals surface area contributed by atoms with Crippen LogP contribution in [0.25, 0.3) is 6.08 Å². The zero-order valence-corrected chi connectivity index (χ0v) is 29.3. The van der Waals surface area contributed by atoms with Gasteiger partial charge in [0.2, 0.25) is 0 Å². The van der Waals surface area contributed by atoms with Crippen LogP contribution in [-0.4, -0.2) is 32.1 Å². The molecule has 3 aromatic rings. The Hall–Kier alpha value is -2.99. The van der Waals surface area contributed by atoms with Crippen molar-refractivity contribution in [1.82, 2.24) is 0 Å². The van der Waals surface area contributed by atoms with Gasteiger partial charge in [-0.15, -0.1) is 0 Å². The second-order valence-electron chi connectivity index (χ2n) is 13.2. The average molecular weight is 629 g/mol. The van der Waals surface area contributed by atoms with Crippen LogP contribution in [0.5, 0.6) is 0 Å². The van der Waals surface area contributed by atoms with E-state index in [1.54, 1.807) is 0 Å². The van der Waals surface area contributed by atoms with E-state index in [1.165, 1.54) is 49.4 Å². The molecule has 0 aliphatic rings. The summed E-state index contributed by atoms with van der Waals surface area (Å²) in [7, 11) is -2.73. The van der Waals surface area contributed by atoms with E-state index in [1.807, 2.05) is 12.1 Å². The number of rotatable bonds is 19. The SMILES string of the molecule is CCCCCCCCC(C=Cc1cccc(C(CCCCO)OC(C)=O)c1)O[Si](c1ccccc1)(c1ccccc1)C(C)(C)C. The highest BCUT2D eigenvalue weighted by atomic mass is 28.4. The first-order valence-corrected chi connectivity index (χ1v) is 19.0. The van der Waals surface area contributed by atoms with Crippen LogP contribution in [0, 0.1) is 0 Å². The van der Waals surface area contributed by atoms with E-state index < -0.39 is 8.32 Å². The third kappa shape index (κ3) is 11.1. The molecular weight excluding hydrogens is 573 g/mol. The Morgan fingerprint density at radius 1 is 0.800 bits per heavy atom. The van der Waals surface area contributed by atoms with Crippen molar-refractivity contribution in [2.75, 3.05) is 6.61 Å². The lowest BCUT2D eigenvalue weighted by atomic mass is 10.0. The summed E-state index contributed by atoms with van der Waals surface area (Å²) in [6, 6.07) is 30.0. The number of carbonyl (C=O) groups excluding carboxylic acids is 1. The van der Waals surface area contributed by atoms with Crippen molar-refractivity contribution in [2.24, 2.45) is 0 Å². The molecule has 0 saturated carbocycles. The van der Waals surface area contributed by atoms with E-state index >= 15 is 0 Å². The van der Waals surface area contributed by atoms with Crippen LogP contribution in [0.1, 0.15) is 116 Å². The Kier molecular flexibility index (Phi) is 15.3. The Balaban J connectivity index is 1.99. The molecule has 0 aliphatic heterocycles. The van der Waals surface area contributed by atoms with Gasteiger partial charge in [-0.25, -0.2) is 0 Å². The quantitative estimate of drug-likeness (QED) is 0.0817. The molecule has 2 atom stereocenters. The molecule has 0 spiro atoms. The van der Waals surface area contributed by atoms with Gasteiger partial charge in [0, 0.05) is 13.5 Å². The first-order valence-electron chi connectivity index (χ1n) is 17.1. The fourth-order valence-electron chi connectivity index (χ4n) is 6.26. The summed E-state index contributed by atoms with van der Waals surface area (Å²) in [6.07, 6.45) is 14.6. The molecule has 0 bridgehead atoms. The van der Waals surface area contributed by atoms with Gasteiger partial charge < -0.3 is 14.3 Å². The fraction of sp³-hybridized carbons (Fsp3) is 0.475. The van der Waals surface area contributed by atoms with Crippen LogP contribution >= 0.6 is 0 Å². The summed E-state index contributed by atoms with van der Waals surface area (Å²) in [5.41, 5.74) is 2.04. The zero-order chi connectivity index (χ0) is 32.5. The minimum Gasteiger partial charge on any atom is -0.458 e. The third-order valence-electron chi connectivity index (χ3n) is 8.56. The Labute approximate surface area is 274 Å². The molecule has 5 heteroatoms. The van der Waals surface area contributed by atoms with Gasteiger partial charge >= 0.3 is 5.97 Å². The fourth-order valence-corrected chi connectivity index (χ4v) is 10.9. The number of aliphatic hydroxyl groups excluding tert-OH is 1. The largest absolute Gasteiger partial charge is 0.458 e. The van der Waals surface area contributed by atoms with Gasteiger partial charge in [0.25, 0.3) is 8.32 Å². The van der Waals surface area contributed by atoms with E-state index in [-0.39, 0.29) is 29.8 Å². The standard InChI is InChI=1S/C40H56O4Si/c1-6-7-8-9-10-13-23-36(30-29-34-21-20-22-35(32-34)39(43-33(2)42)28-18-19-31-41)44-45(40(3,4)5,37-24-14-11-15-25-37)38-26-16-12-17-27-38/h11-12,14-17,20-22,24-27,29-30,32,36,39,41H,6-10,13,18-19,23,28,31H2,1-5H3. The van der Waals surface area contributed by atoms with Crippen molar-refractivity contribution in [1.29, 1.82) is 0 Å². The van der Waals surface area contributed by atoms with Crippen LogP contribution < -0.4 is 10.4 Å². The molecule has 0 radical (unpaired) electrons. The van der Waals surface area contributed by atoms with Crippen molar-refractivity contribution in [2.45, 2.75) is 116 Å².